The zero-order valence-electron chi connectivity index (χ0n) is 12.7. The molecule has 0 aromatic rings. The van der Waals surface area contributed by atoms with E-state index in [1.54, 1.807) is 6.08 Å². The molecule has 0 aliphatic carbocycles. The van der Waals surface area contributed by atoms with Gasteiger partial charge in [0.2, 0.25) is 0 Å². The Balaban J connectivity index is 3.16. The molecule has 0 atom stereocenters. The fraction of sp³-hybridized carbons (Fsp3) is 0.579. The van der Waals surface area contributed by atoms with Gasteiger partial charge in [-0.3, -0.25) is 0 Å². The van der Waals surface area contributed by atoms with E-state index in [2.05, 4.69) is 37.8 Å². The molecule has 0 saturated carbocycles. The first-order chi connectivity index (χ1) is 9.41. The molecule has 0 heterocycles. The number of hydrogen-bond donors (Lipinski definition) is 0. The molecule has 0 aromatic carbocycles. The predicted molar refractivity (Wildman–Crippen MR) is 88.1 cm³/mol. The third-order valence-electron chi connectivity index (χ3n) is 3.03. The van der Waals surface area contributed by atoms with Crippen LogP contribution in [0.5, 0.6) is 0 Å². The third-order valence-corrected chi connectivity index (χ3v) is 3.03. The Kier molecular flexibility index (Phi) is 16.0. The summed E-state index contributed by atoms with van der Waals surface area (Å²) in [6, 6.07) is 0. The molecule has 0 spiro atoms. The van der Waals surface area contributed by atoms with E-state index < -0.39 is 0 Å². The lowest BCUT2D eigenvalue weighted by Crippen LogP contribution is -1.77. The fourth-order valence-corrected chi connectivity index (χ4v) is 1.86. The molecule has 0 aliphatic rings. The van der Waals surface area contributed by atoms with Crippen molar-refractivity contribution < 1.29 is 0 Å². The number of rotatable bonds is 13. The van der Waals surface area contributed by atoms with Crippen LogP contribution in [0.2, 0.25) is 0 Å². The molecule has 0 heteroatoms. The van der Waals surface area contributed by atoms with Gasteiger partial charge in [-0.05, 0) is 44.6 Å². The fourth-order valence-electron chi connectivity index (χ4n) is 1.86. The number of allylic oxidation sites excluding steroid dienone is 7. The van der Waals surface area contributed by atoms with E-state index >= 15 is 0 Å². The Bertz CT molecular complexity index is 255. The maximum Gasteiger partial charge on any atom is -0.0279 e. The Morgan fingerprint density at radius 2 is 1.63 bits per heavy atom. The smallest absolute Gasteiger partial charge is 0.0279 e. The molecular weight excluding hydrogens is 228 g/mol. The minimum Gasteiger partial charge on any atom is -0.0991 e. The molecule has 0 nitrogen and oxygen atoms in total. The van der Waals surface area contributed by atoms with Crippen LogP contribution in [0, 0.1) is 6.08 Å². The summed E-state index contributed by atoms with van der Waals surface area (Å²) in [4.78, 5) is 0. The molecule has 0 bridgehead atoms. The van der Waals surface area contributed by atoms with Gasteiger partial charge in [0, 0.05) is 0 Å². The summed E-state index contributed by atoms with van der Waals surface area (Å²) < 4.78 is 0. The molecule has 0 rings (SSSR count). The lowest BCUT2D eigenvalue weighted by Gasteiger charge is -1.96. The van der Waals surface area contributed by atoms with Crippen LogP contribution in [-0.4, -0.2) is 0 Å². The largest absolute Gasteiger partial charge is 0.0991 e. The Labute approximate surface area is 121 Å². The summed E-state index contributed by atoms with van der Waals surface area (Å²) in [5, 5.41) is 0. The Morgan fingerprint density at radius 1 is 0.842 bits per heavy atom. The first kappa shape index (κ1) is 18.0. The van der Waals surface area contributed by atoms with Crippen LogP contribution in [0.25, 0.3) is 0 Å². The topological polar surface area (TPSA) is 0 Å². The van der Waals surface area contributed by atoms with Crippen LogP contribution in [0.15, 0.2) is 43.0 Å². The van der Waals surface area contributed by atoms with Gasteiger partial charge < -0.3 is 0 Å². The second-order valence-electron chi connectivity index (χ2n) is 4.91. The van der Waals surface area contributed by atoms with Gasteiger partial charge in [0.05, 0.1) is 0 Å². The van der Waals surface area contributed by atoms with Crippen molar-refractivity contribution in [3.05, 3.63) is 49.1 Å². The second kappa shape index (κ2) is 17.0. The van der Waals surface area contributed by atoms with Crippen LogP contribution in [0.3, 0.4) is 0 Å². The summed E-state index contributed by atoms with van der Waals surface area (Å²) in [6.45, 7) is 5.88. The van der Waals surface area contributed by atoms with Gasteiger partial charge in [-0.2, -0.15) is 0 Å². The first-order valence-electron chi connectivity index (χ1n) is 7.91. The van der Waals surface area contributed by atoms with Gasteiger partial charge in [0.15, 0.2) is 0 Å². The van der Waals surface area contributed by atoms with Crippen molar-refractivity contribution in [1.29, 1.82) is 0 Å². The molecule has 0 unspecified atom stereocenters. The molecule has 0 fully saturated rings. The molecule has 1 radical (unpaired) electrons. The van der Waals surface area contributed by atoms with E-state index in [0.29, 0.717) is 0 Å². The van der Waals surface area contributed by atoms with Gasteiger partial charge in [0.1, 0.15) is 0 Å². The average molecular weight is 259 g/mol. The number of unbranched alkanes of at least 4 members (excludes halogenated alkanes) is 8. The van der Waals surface area contributed by atoms with E-state index in [1.165, 1.54) is 57.8 Å². The van der Waals surface area contributed by atoms with E-state index in [-0.39, 0.29) is 0 Å². The zero-order valence-corrected chi connectivity index (χ0v) is 12.7. The minimum absolute atomic E-state index is 1.14. The molecule has 0 aliphatic heterocycles. The molecule has 107 valence electrons. The van der Waals surface area contributed by atoms with Crippen molar-refractivity contribution in [2.45, 2.75) is 71.1 Å². The monoisotopic (exact) mass is 259 g/mol. The van der Waals surface area contributed by atoms with Crippen LogP contribution < -0.4 is 0 Å². The van der Waals surface area contributed by atoms with Crippen molar-refractivity contribution in [3.8, 4) is 0 Å². The Morgan fingerprint density at radius 3 is 2.42 bits per heavy atom. The maximum atomic E-state index is 3.63. The summed E-state index contributed by atoms with van der Waals surface area (Å²) in [5.74, 6) is 0. The van der Waals surface area contributed by atoms with E-state index in [1.807, 2.05) is 12.2 Å². The van der Waals surface area contributed by atoms with Crippen LogP contribution in [0.4, 0.5) is 0 Å². The normalized spacial score (nSPS) is 12.1. The molecule has 0 N–H and O–H groups in total. The summed E-state index contributed by atoms with van der Waals surface area (Å²) >= 11 is 0. The van der Waals surface area contributed by atoms with Crippen LogP contribution >= 0.6 is 0 Å². The summed E-state index contributed by atoms with van der Waals surface area (Å²) in [7, 11) is 0. The van der Waals surface area contributed by atoms with Crippen molar-refractivity contribution in [2.75, 3.05) is 0 Å². The molecular formula is C19H31. The van der Waals surface area contributed by atoms with Crippen molar-refractivity contribution in [2.24, 2.45) is 0 Å². The summed E-state index contributed by atoms with van der Waals surface area (Å²) in [6.07, 6.45) is 28.6. The standard InChI is InChI=1S/C19H31/c1-3-5-7-9-11-13-15-17-19-18-16-14-12-10-8-6-4-2/h3,5,7,9,11-12H,1,4,6,8,10,13,15-19H2,2H3. The quantitative estimate of drug-likeness (QED) is 0.259. The summed E-state index contributed by atoms with van der Waals surface area (Å²) in [5.41, 5.74) is 0. The van der Waals surface area contributed by atoms with Gasteiger partial charge in [-0.15, -0.1) is 0 Å². The molecule has 0 aromatic heterocycles. The maximum absolute atomic E-state index is 3.63. The average Bonchev–Trinajstić information content (AvgIpc) is 2.43. The minimum atomic E-state index is 1.14. The van der Waals surface area contributed by atoms with Crippen molar-refractivity contribution in [1.82, 2.24) is 0 Å². The van der Waals surface area contributed by atoms with E-state index in [0.717, 1.165) is 6.42 Å². The second-order valence-corrected chi connectivity index (χ2v) is 4.91. The lowest BCUT2D eigenvalue weighted by molar-refractivity contribution is 0.647. The van der Waals surface area contributed by atoms with Crippen LogP contribution in [0.1, 0.15) is 71.1 Å². The molecule has 19 heavy (non-hydrogen) atoms. The zero-order chi connectivity index (χ0) is 14.0. The highest BCUT2D eigenvalue weighted by molar-refractivity contribution is 5.08. The SMILES string of the molecule is C=CC=CC=CCCCCCC/[C]=C/CCCCC. The van der Waals surface area contributed by atoms with E-state index in [9.17, 15) is 0 Å². The van der Waals surface area contributed by atoms with Gasteiger partial charge in [-0.25, -0.2) is 0 Å². The Hall–Kier alpha value is -1.04. The van der Waals surface area contributed by atoms with Gasteiger partial charge in [0.25, 0.3) is 0 Å². The van der Waals surface area contributed by atoms with Crippen molar-refractivity contribution in [3.63, 3.8) is 0 Å². The molecule has 0 amide bonds. The van der Waals surface area contributed by atoms with E-state index in [4.69, 9.17) is 0 Å². The third kappa shape index (κ3) is 17.0. The highest BCUT2D eigenvalue weighted by atomic mass is 13.9. The van der Waals surface area contributed by atoms with Gasteiger partial charge in [-0.1, -0.05) is 75.6 Å². The molecule has 0 saturated heterocycles. The van der Waals surface area contributed by atoms with Gasteiger partial charge >= 0.3 is 0 Å². The first-order valence-corrected chi connectivity index (χ1v) is 7.91. The van der Waals surface area contributed by atoms with Crippen LogP contribution in [-0.2, 0) is 0 Å². The lowest BCUT2D eigenvalue weighted by atomic mass is 10.1. The highest BCUT2D eigenvalue weighted by Crippen LogP contribution is 2.07. The van der Waals surface area contributed by atoms with Crippen molar-refractivity contribution >= 4 is 0 Å². The number of hydrogen-bond acceptors (Lipinski definition) is 0. The predicted octanol–water partition coefficient (Wildman–Crippen LogP) is 6.57. The highest BCUT2D eigenvalue weighted by Gasteiger charge is 1.88.